The molecule has 1 aliphatic carbocycles. The SMILES string of the molecule is C=CCC[C@]12O[C@@H]1[C@H](OC(C)=O)[C@H](C(C)C)[C@@]2(C)CC=C. The number of fused-ring (bicyclic) bond motifs is 1. The fourth-order valence-electron chi connectivity index (χ4n) is 4.67. The van der Waals surface area contributed by atoms with Crippen LogP contribution < -0.4 is 0 Å². The number of hydrogen-bond donors (Lipinski definition) is 0. The van der Waals surface area contributed by atoms with E-state index in [-0.39, 0.29) is 29.2 Å². The smallest absolute Gasteiger partial charge is 0.303 e. The predicted molar refractivity (Wildman–Crippen MR) is 83.8 cm³/mol. The molecule has 0 radical (unpaired) electrons. The summed E-state index contributed by atoms with van der Waals surface area (Å²) in [5.74, 6) is 0.501. The van der Waals surface area contributed by atoms with Crippen molar-refractivity contribution in [1.82, 2.24) is 0 Å². The maximum atomic E-state index is 11.5. The van der Waals surface area contributed by atoms with Crippen molar-refractivity contribution in [1.29, 1.82) is 0 Å². The number of hydrogen-bond acceptors (Lipinski definition) is 3. The molecule has 0 spiro atoms. The second-order valence-electron chi connectivity index (χ2n) is 7.01. The van der Waals surface area contributed by atoms with E-state index in [1.807, 2.05) is 12.2 Å². The summed E-state index contributed by atoms with van der Waals surface area (Å²) in [5, 5.41) is 0. The lowest BCUT2D eigenvalue weighted by Gasteiger charge is -2.42. The molecule has 118 valence electrons. The van der Waals surface area contributed by atoms with Crippen LogP contribution >= 0.6 is 0 Å². The first-order chi connectivity index (χ1) is 9.84. The van der Waals surface area contributed by atoms with Crippen molar-refractivity contribution in [3.63, 3.8) is 0 Å². The quantitative estimate of drug-likeness (QED) is 0.406. The van der Waals surface area contributed by atoms with Crippen LogP contribution in [0.3, 0.4) is 0 Å². The van der Waals surface area contributed by atoms with Gasteiger partial charge < -0.3 is 9.47 Å². The number of rotatable bonds is 7. The zero-order chi connectivity index (χ0) is 15.8. The van der Waals surface area contributed by atoms with Crippen LogP contribution in [0.4, 0.5) is 0 Å². The van der Waals surface area contributed by atoms with E-state index in [0.29, 0.717) is 11.8 Å². The number of carbonyl (C=O) groups excluding carboxylic acids is 1. The van der Waals surface area contributed by atoms with Crippen molar-refractivity contribution >= 4 is 5.97 Å². The summed E-state index contributed by atoms with van der Waals surface area (Å²) in [6.45, 7) is 15.9. The van der Waals surface area contributed by atoms with E-state index < -0.39 is 0 Å². The van der Waals surface area contributed by atoms with Gasteiger partial charge in [0.2, 0.25) is 0 Å². The van der Waals surface area contributed by atoms with E-state index in [4.69, 9.17) is 9.47 Å². The van der Waals surface area contributed by atoms with Gasteiger partial charge in [-0.1, -0.05) is 32.9 Å². The molecule has 1 saturated carbocycles. The Morgan fingerprint density at radius 1 is 1.38 bits per heavy atom. The van der Waals surface area contributed by atoms with E-state index >= 15 is 0 Å². The third kappa shape index (κ3) is 2.36. The van der Waals surface area contributed by atoms with Gasteiger partial charge in [0.05, 0.1) is 0 Å². The largest absolute Gasteiger partial charge is 0.459 e. The maximum absolute atomic E-state index is 11.5. The van der Waals surface area contributed by atoms with E-state index in [1.165, 1.54) is 6.92 Å². The molecule has 0 N–H and O–H groups in total. The Labute approximate surface area is 128 Å². The highest BCUT2D eigenvalue weighted by atomic mass is 16.7. The first-order valence-electron chi connectivity index (χ1n) is 7.91. The molecule has 21 heavy (non-hydrogen) atoms. The average Bonchev–Trinajstić information content (AvgIpc) is 3.07. The highest BCUT2D eigenvalue weighted by Gasteiger charge is 2.79. The van der Waals surface area contributed by atoms with Crippen LogP contribution in [0.2, 0.25) is 0 Å². The Hall–Kier alpha value is -1.09. The summed E-state index contributed by atoms with van der Waals surface area (Å²) < 4.78 is 11.8. The second-order valence-corrected chi connectivity index (χ2v) is 7.01. The van der Waals surface area contributed by atoms with Gasteiger partial charge >= 0.3 is 5.97 Å². The van der Waals surface area contributed by atoms with E-state index in [0.717, 1.165) is 19.3 Å². The monoisotopic (exact) mass is 292 g/mol. The highest BCUT2D eigenvalue weighted by molar-refractivity contribution is 5.66. The summed E-state index contributed by atoms with van der Waals surface area (Å²) in [6.07, 6.45) is 6.52. The third-order valence-corrected chi connectivity index (χ3v) is 5.40. The van der Waals surface area contributed by atoms with Crippen molar-refractivity contribution in [3.8, 4) is 0 Å². The predicted octanol–water partition coefficient (Wildman–Crippen LogP) is 3.89. The summed E-state index contributed by atoms with van der Waals surface area (Å²) in [5.41, 5.74) is -0.235. The van der Waals surface area contributed by atoms with E-state index in [2.05, 4.69) is 33.9 Å². The van der Waals surface area contributed by atoms with Gasteiger partial charge in [0.25, 0.3) is 0 Å². The third-order valence-electron chi connectivity index (χ3n) is 5.40. The van der Waals surface area contributed by atoms with Crippen LogP contribution in [0.25, 0.3) is 0 Å². The molecule has 0 unspecified atom stereocenters. The topological polar surface area (TPSA) is 38.8 Å². The Bertz CT molecular complexity index is 442. The molecule has 5 atom stereocenters. The Morgan fingerprint density at radius 3 is 2.52 bits per heavy atom. The number of epoxide rings is 1. The number of allylic oxidation sites excluding steroid dienone is 2. The fraction of sp³-hybridized carbons (Fsp3) is 0.722. The van der Waals surface area contributed by atoms with Crippen LogP contribution in [0, 0.1) is 17.3 Å². The summed E-state index contributed by atoms with van der Waals surface area (Å²) in [6, 6.07) is 0. The van der Waals surface area contributed by atoms with Crippen molar-refractivity contribution < 1.29 is 14.3 Å². The molecule has 2 fully saturated rings. The Morgan fingerprint density at radius 2 is 2.05 bits per heavy atom. The molecule has 1 aliphatic heterocycles. The summed E-state index contributed by atoms with van der Waals surface area (Å²) in [7, 11) is 0. The number of ether oxygens (including phenoxy) is 2. The van der Waals surface area contributed by atoms with Crippen molar-refractivity contribution in [2.75, 3.05) is 0 Å². The highest BCUT2D eigenvalue weighted by Crippen LogP contribution is 2.69. The normalized spacial score (nSPS) is 40.7. The van der Waals surface area contributed by atoms with Crippen LogP contribution in [-0.2, 0) is 14.3 Å². The Balaban J connectivity index is 2.37. The zero-order valence-electron chi connectivity index (χ0n) is 13.7. The van der Waals surface area contributed by atoms with Gasteiger partial charge in [0.1, 0.15) is 17.8 Å². The number of esters is 1. The summed E-state index contributed by atoms with van der Waals surface area (Å²) >= 11 is 0. The molecule has 3 nitrogen and oxygen atoms in total. The average molecular weight is 292 g/mol. The fourth-order valence-corrected chi connectivity index (χ4v) is 4.67. The van der Waals surface area contributed by atoms with Gasteiger partial charge in [-0.15, -0.1) is 13.2 Å². The lowest BCUT2D eigenvalue weighted by Crippen LogP contribution is -2.43. The minimum Gasteiger partial charge on any atom is -0.459 e. The number of carbonyl (C=O) groups is 1. The van der Waals surface area contributed by atoms with E-state index in [1.54, 1.807) is 0 Å². The molecule has 2 rings (SSSR count). The molecule has 2 aliphatic rings. The van der Waals surface area contributed by atoms with Crippen LogP contribution in [0.15, 0.2) is 25.3 Å². The summed E-state index contributed by atoms with van der Waals surface area (Å²) in [4.78, 5) is 11.5. The molecule has 0 aromatic carbocycles. The van der Waals surface area contributed by atoms with Gasteiger partial charge in [-0.3, -0.25) is 4.79 Å². The van der Waals surface area contributed by atoms with Crippen LogP contribution in [-0.4, -0.2) is 23.8 Å². The molecular formula is C18H28O3. The van der Waals surface area contributed by atoms with Crippen LogP contribution in [0.5, 0.6) is 0 Å². The van der Waals surface area contributed by atoms with Gasteiger partial charge in [0.15, 0.2) is 0 Å². The molecule has 0 amide bonds. The molecular weight excluding hydrogens is 264 g/mol. The first-order valence-corrected chi connectivity index (χ1v) is 7.91. The van der Waals surface area contributed by atoms with Gasteiger partial charge in [0, 0.05) is 18.3 Å². The lowest BCUT2D eigenvalue weighted by molar-refractivity contribution is -0.155. The van der Waals surface area contributed by atoms with Crippen molar-refractivity contribution in [2.24, 2.45) is 17.3 Å². The first kappa shape index (κ1) is 16.3. The van der Waals surface area contributed by atoms with Crippen LogP contribution in [0.1, 0.15) is 47.0 Å². The van der Waals surface area contributed by atoms with Gasteiger partial charge in [-0.25, -0.2) is 0 Å². The minimum atomic E-state index is -0.221. The standard InChI is InChI=1S/C18H28O3/c1-7-9-11-18-16(21-18)15(20-13(5)19)14(12(3)4)17(18,6)10-8-2/h7-8,12,14-16H,1-2,9-11H2,3-6H3/t14-,15+,16+,17+,18-/m0/s1. The minimum absolute atomic E-state index is 0.0266. The lowest BCUT2D eigenvalue weighted by atomic mass is 9.65. The van der Waals surface area contributed by atoms with Gasteiger partial charge in [-0.2, -0.15) is 0 Å². The van der Waals surface area contributed by atoms with Crippen molar-refractivity contribution in [3.05, 3.63) is 25.3 Å². The Kier molecular flexibility index (Phi) is 4.34. The van der Waals surface area contributed by atoms with Crippen molar-refractivity contribution in [2.45, 2.75) is 64.8 Å². The molecule has 0 bridgehead atoms. The van der Waals surface area contributed by atoms with Gasteiger partial charge in [-0.05, 0) is 25.2 Å². The molecule has 0 aromatic rings. The molecule has 3 heteroatoms. The molecule has 1 heterocycles. The molecule has 1 saturated heterocycles. The zero-order valence-corrected chi connectivity index (χ0v) is 13.7. The molecule has 0 aromatic heterocycles. The van der Waals surface area contributed by atoms with E-state index in [9.17, 15) is 4.79 Å². The maximum Gasteiger partial charge on any atom is 0.303 e. The second kappa shape index (κ2) is 5.60.